The van der Waals surface area contributed by atoms with Crippen LogP contribution in [0.4, 0.5) is 0 Å². The lowest BCUT2D eigenvalue weighted by Crippen LogP contribution is -2.40. The van der Waals surface area contributed by atoms with E-state index in [2.05, 4.69) is 44.4 Å². The first-order valence-electron chi connectivity index (χ1n) is 7.80. The van der Waals surface area contributed by atoms with Gasteiger partial charge in [0.05, 0.1) is 11.2 Å². The zero-order chi connectivity index (χ0) is 15.0. The first-order valence-corrected chi connectivity index (χ1v) is 8.68. The van der Waals surface area contributed by atoms with Gasteiger partial charge >= 0.3 is 0 Å². The van der Waals surface area contributed by atoms with Gasteiger partial charge in [0.1, 0.15) is 5.01 Å². The molecule has 3 rings (SSSR count). The SMILES string of the molecule is Cc1cc(C)cc(-c2csc(C3(N)CCCC(C)C3)n2)c1. The van der Waals surface area contributed by atoms with Gasteiger partial charge in [0, 0.05) is 10.9 Å². The molecular weight excluding hydrogens is 276 g/mol. The Labute approximate surface area is 131 Å². The number of thiazole rings is 1. The van der Waals surface area contributed by atoms with Crippen LogP contribution < -0.4 is 5.73 Å². The van der Waals surface area contributed by atoms with E-state index in [0.717, 1.165) is 23.5 Å². The highest BCUT2D eigenvalue weighted by atomic mass is 32.1. The van der Waals surface area contributed by atoms with E-state index < -0.39 is 0 Å². The van der Waals surface area contributed by atoms with Gasteiger partial charge in [0.2, 0.25) is 0 Å². The van der Waals surface area contributed by atoms with Gasteiger partial charge < -0.3 is 5.73 Å². The van der Waals surface area contributed by atoms with Gasteiger partial charge in [-0.3, -0.25) is 0 Å². The third-order valence-corrected chi connectivity index (χ3v) is 5.54. The first-order chi connectivity index (χ1) is 9.96. The van der Waals surface area contributed by atoms with E-state index in [-0.39, 0.29) is 5.54 Å². The topological polar surface area (TPSA) is 38.9 Å². The Morgan fingerprint density at radius 3 is 2.62 bits per heavy atom. The van der Waals surface area contributed by atoms with Gasteiger partial charge in [-0.15, -0.1) is 11.3 Å². The standard InChI is InChI=1S/C18H24N2S/c1-12-5-4-6-18(19,10-12)17-20-16(11-21-17)15-8-13(2)7-14(3)9-15/h7-9,11-12H,4-6,10,19H2,1-3H3. The van der Waals surface area contributed by atoms with E-state index >= 15 is 0 Å². The fourth-order valence-electron chi connectivity index (χ4n) is 3.54. The first kappa shape index (κ1) is 14.7. The highest BCUT2D eigenvalue weighted by Crippen LogP contribution is 2.40. The molecule has 2 aromatic rings. The highest BCUT2D eigenvalue weighted by molar-refractivity contribution is 7.10. The molecule has 2 unspecified atom stereocenters. The summed E-state index contributed by atoms with van der Waals surface area (Å²) >= 11 is 1.73. The van der Waals surface area contributed by atoms with Crippen molar-refractivity contribution < 1.29 is 0 Å². The van der Waals surface area contributed by atoms with Crippen LogP contribution in [0.15, 0.2) is 23.6 Å². The summed E-state index contributed by atoms with van der Waals surface area (Å²) in [5.41, 5.74) is 11.3. The molecule has 1 fully saturated rings. The average molecular weight is 300 g/mol. The maximum absolute atomic E-state index is 6.67. The molecule has 1 aliphatic rings. The average Bonchev–Trinajstić information content (AvgIpc) is 2.87. The van der Waals surface area contributed by atoms with Crippen molar-refractivity contribution in [3.05, 3.63) is 39.7 Å². The van der Waals surface area contributed by atoms with Crippen LogP contribution >= 0.6 is 11.3 Å². The van der Waals surface area contributed by atoms with Crippen LogP contribution in [0.5, 0.6) is 0 Å². The summed E-state index contributed by atoms with van der Waals surface area (Å²) in [6.07, 6.45) is 4.65. The normalized spacial score (nSPS) is 26.0. The molecule has 1 aliphatic carbocycles. The lowest BCUT2D eigenvalue weighted by Gasteiger charge is -2.35. The summed E-state index contributed by atoms with van der Waals surface area (Å²) in [6, 6.07) is 6.61. The Morgan fingerprint density at radius 1 is 1.24 bits per heavy atom. The van der Waals surface area contributed by atoms with Crippen molar-refractivity contribution >= 4 is 11.3 Å². The van der Waals surface area contributed by atoms with E-state index in [9.17, 15) is 0 Å². The number of hydrogen-bond donors (Lipinski definition) is 1. The van der Waals surface area contributed by atoms with Gasteiger partial charge in [0.25, 0.3) is 0 Å². The van der Waals surface area contributed by atoms with Gasteiger partial charge in [-0.25, -0.2) is 4.98 Å². The molecule has 2 nitrogen and oxygen atoms in total. The molecule has 21 heavy (non-hydrogen) atoms. The van der Waals surface area contributed by atoms with Crippen LogP contribution in [0.25, 0.3) is 11.3 Å². The molecule has 1 saturated carbocycles. The lowest BCUT2D eigenvalue weighted by molar-refractivity contribution is 0.238. The van der Waals surface area contributed by atoms with E-state index in [1.165, 1.54) is 29.5 Å². The van der Waals surface area contributed by atoms with Crippen molar-refractivity contribution in [2.75, 3.05) is 0 Å². The monoisotopic (exact) mass is 300 g/mol. The van der Waals surface area contributed by atoms with Crippen LogP contribution in [0.1, 0.15) is 48.7 Å². The Bertz CT molecular complexity index is 626. The Hall–Kier alpha value is -1.19. The molecule has 2 N–H and O–H groups in total. The quantitative estimate of drug-likeness (QED) is 0.866. The summed E-state index contributed by atoms with van der Waals surface area (Å²) in [5, 5.41) is 3.28. The third-order valence-electron chi connectivity index (χ3n) is 4.48. The maximum atomic E-state index is 6.67. The molecule has 1 aromatic heterocycles. The van der Waals surface area contributed by atoms with Crippen molar-refractivity contribution in [2.24, 2.45) is 11.7 Å². The van der Waals surface area contributed by atoms with Crippen LogP contribution in [0, 0.1) is 19.8 Å². The molecule has 1 aromatic carbocycles. The number of nitrogens with zero attached hydrogens (tertiary/aromatic N) is 1. The van der Waals surface area contributed by atoms with E-state index in [1.807, 2.05) is 0 Å². The molecular formula is C18H24N2S. The summed E-state index contributed by atoms with van der Waals surface area (Å²) < 4.78 is 0. The summed E-state index contributed by atoms with van der Waals surface area (Å²) in [4.78, 5) is 4.89. The van der Waals surface area contributed by atoms with Crippen LogP contribution in [-0.4, -0.2) is 4.98 Å². The third kappa shape index (κ3) is 3.04. The van der Waals surface area contributed by atoms with E-state index in [0.29, 0.717) is 5.92 Å². The lowest BCUT2D eigenvalue weighted by atomic mass is 9.77. The Balaban J connectivity index is 1.92. The zero-order valence-electron chi connectivity index (χ0n) is 13.1. The highest BCUT2D eigenvalue weighted by Gasteiger charge is 2.35. The number of aromatic nitrogens is 1. The summed E-state index contributed by atoms with van der Waals surface area (Å²) in [7, 11) is 0. The zero-order valence-corrected chi connectivity index (χ0v) is 14.0. The van der Waals surface area contributed by atoms with E-state index in [4.69, 9.17) is 10.7 Å². The van der Waals surface area contributed by atoms with Crippen molar-refractivity contribution in [2.45, 2.75) is 52.0 Å². The van der Waals surface area contributed by atoms with Crippen molar-refractivity contribution in [3.8, 4) is 11.3 Å². The van der Waals surface area contributed by atoms with Crippen molar-refractivity contribution in [1.82, 2.24) is 4.98 Å². The van der Waals surface area contributed by atoms with Crippen LogP contribution in [0.3, 0.4) is 0 Å². The predicted molar refractivity (Wildman–Crippen MR) is 90.5 cm³/mol. The van der Waals surface area contributed by atoms with Gasteiger partial charge in [-0.05, 0) is 44.7 Å². The molecule has 0 saturated heterocycles. The van der Waals surface area contributed by atoms with E-state index in [1.54, 1.807) is 11.3 Å². The van der Waals surface area contributed by atoms with Crippen molar-refractivity contribution in [3.63, 3.8) is 0 Å². The Morgan fingerprint density at radius 2 is 1.95 bits per heavy atom. The largest absolute Gasteiger partial charge is 0.319 e. The number of benzene rings is 1. The fourth-order valence-corrected chi connectivity index (χ4v) is 4.53. The molecule has 0 bridgehead atoms. The second kappa shape index (κ2) is 5.54. The van der Waals surface area contributed by atoms with Gasteiger partial charge in [0.15, 0.2) is 0 Å². The molecule has 112 valence electrons. The summed E-state index contributed by atoms with van der Waals surface area (Å²) in [6.45, 7) is 6.58. The molecule has 0 radical (unpaired) electrons. The Kier molecular flexibility index (Phi) is 3.89. The second-order valence-corrected chi connectivity index (χ2v) is 7.63. The molecule has 1 heterocycles. The molecule has 2 atom stereocenters. The summed E-state index contributed by atoms with van der Waals surface area (Å²) in [5.74, 6) is 0.706. The van der Waals surface area contributed by atoms with Gasteiger partial charge in [-0.2, -0.15) is 0 Å². The molecule has 0 spiro atoms. The minimum absolute atomic E-state index is 0.209. The van der Waals surface area contributed by atoms with Crippen LogP contribution in [0.2, 0.25) is 0 Å². The maximum Gasteiger partial charge on any atom is 0.113 e. The molecule has 0 amide bonds. The number of nitrogens with two attached hydrogens (primary N) is 1. The molecule has 3 heteroatoms. The number of rotatable bonds is 2. The smallest absolute Gasteiger partial charge is 0.113 e. The second-order valence-electron chi connectivity index (χ2n) is 6.77. The van der Waals surface area contributed by atoms with Crippen LogP contribution in [-0.2, 0) is 5.54 Å². The minimum atomic E-state index is -0.209. The number of hydrogen-bond acceptors (Lipinski definition) is 3. The fraction of sp³-hybridized carbons (Fsp3) is 0.500. The molecule has 0 aliphatic heterocycles. The van der Waals surface area contributed by atoms with Gasteiger partial charge in [-0.1, -0.05) is 37.0 Å². The van der Waals surface area contributed by atoms with Crippen molar-refractivity contribution in [1.29, 1.82) is 0 Å². The number of aryl methyl sites for hydroxylation is 2. The minimum Gasteiger partial charge on any atom is -0.319 e. The predicted octanol–water partition coefficient (Wildman–Crippen LogP) is 4.79.